The number of phenols is 1. The van der Waals surface area contributed by atoms with Crippen molar-refractivity contribution in [3.8, 4) is 16.9 Å². The molecule has 2 aromatic rings. The van der Waals surface area contributed by atoms with E-state index >= 15 is 0 Å². The Labute approximate surface area is 154 Å². The largest absolute Gasteiger partial charge is 0.507 e. The molecule has 0 atom stereocenters. The first-order valence-corrected chi connectivity index (χ1v) is 9.21. The molecular weight excluding hydrogens is 304 g/mol. The van der Waals surface area contributed by atoms with Gasteiger partial charge in [0.2, 0.25) is 0 Å². The van der Waals surface area contributed by atoms with E-state index in [0.29, 0.717) is 5.75 Å². The minimum absolute atomic E-state index is 0.00811. The smallest absolute Gasteiger partial charge is 0.126 e. The van der Waals surface area contributed by atoms with Crippen LogP contribution in [-0.4, -0.2) is 5.11 Å². The molecule has 0 aliphatic rings. The van der Waals surface area contributed by atoms with Gasteiger partial charge >= 0.3 is 0 Å². The Morgan fingerprint density at radius 3 is 1.56 bits per heavy atom. The molecule has 0 spiro atoms. The lowest BCUT2D eigenvalue weighted by Gasteiger charge is -2.30. The van der Waals surface area contributed by atoms with Crippen molar-refractivity contribution in [2.45, 2.75) is 80.1 Å². The van der Waals surface area contributed by atoms with Crippen LogP contribution in [0.4, 0.5) is 0 Å². The van der Waals surface area contributed by atoms with Gasteiger partial charge in [0.25, 0.3) is 0 Å². The lowest BCUT2D eigenvalue weighted by molar-refractivity contribution is 0.468. The first-order valence-electron chi connectivity index (χ1n) is 9.21. The first kappa shape index (κ1) is 19.6. The molecule has 0 bridgehead atoms. The summed E-state index contributed by atoms with van der Waals surface area (Å²) in [6.07, 6.45) is 0. The quantitative estimate of drug-likeness (QED) is 0.600. The fourth-order valence-electron chi connectivity index (χ4n) is 3.41. The van der Waals surface area contributed by atoms with Crippen molar-refractivity contribution in [2.75, 3.05) is 0 Å². The van der Waals surface area contributed by atoms with Gasteiger partial charge in [0, 0.05) is 5.56 Å². The lowest BCUT2D eigenvalue weighted by atomic mass is 9.74. The maximum absolute atomic E-state index is 11.1. The first-order chi connectivity index (χ1) is 11.2. The number of hydrogen-bond acceptors (Lipinski definition) is 1. The molecule has 0 heterocycles. The highest BCUT2D eigenvalue weighted by Crippen LogP contribution is 2.46. The summed E-state index contributed by atoms with van der Waals surface area (Å²) in [4.78, 5) is 0. The number of rotatable bonds is 1. The molecule has 0 saturated carbocycles. The van der Waals surface area contributed by atoms with E-state index in [1.807, 2.05) is 6.92 Å². The van der Waals surface area contributed by atoms with E-state index in [9.17, 15) is 5.11 Å². The molecule has 0 amide bonds. The summed E-state index contributed by atoms with van der Waals surface area (Å²) in [7, 11) is 0. The molecular formula is C24H34O. The summed E-state index contributed by atoms with van der Waals surface area (Å²) in [5, 5.41) is 11.1. The van der Waals surface area contributed by atoms with Crippen LogP contribution in [0.1, 0.15) is 74.9 Å². The van der Waals surface area contributed by atoms with Crippen LogP contribution in [0.5, 0.6) is 5.75 Å². The van der Waals surface area contributed by atoms with Crippen molar-refractivity contribution >= 4 is 0 Å². The maximum Gasteiger partial charge on any atom is 0.126 e. The van der Waals surface area contributed by atoms with Crippen molar-refractivity contribution in [1.82, 2.24) is 0 Å². The van der Waals surface area contributed by atoms with Crippen LogP contribution < -0.4 is 0 Å². The predicted molar refractivity (Wildman–Crippen MR) is 110 cm³/mol. The van der Waals surface area contributed by atoms with E-state index in [-0.39, 0.29) is 10.8 Å². The van der Waals surface area contributed by atoms with E-state index in [0.717, 1.165) is 16.7 Å². The van der Waals surface area contributed by atoms with Gasteiger partial charge in [-0.15, -0.1) is 0 Å². The Morgan fingerprint density at radius 2 is 1.08 bits per heavy atom. The van der Waals surface area contributed by atoms with Crippen LogP contribution in [0.15, 0.2) is 18.2 Å². The Kier molecular flexibility index (Phi) is 4.85. The maximum atomic E-state index is 11.1. The van der Waals surface area contributed by atoms with E-state index in [4.69, 9.17) is 0 Å². The summed E-state index contributed by atoms with van der Waals surface area (Å²) in [6, 6.07) is 6.81. The zero-order valence-corrected chi connectivity index (χ0v) is 17.7. The van der Waals surface area contributed by atoms with Crippen LogP contribution in [0.3, 0.4) is 0 Å². The van der Waals surface area contributed by atoms with Gasteiger partial charge in [-0.05, 0) is 77.5 Å². The molecule has 1 N–H and O–H groups in total. The lowest BCUT2D eigenvalue weighted by Crippen LogP contribution is -2.17. The van der Waals surface area contributed by atoms with Crippen molar-refractivity contribution in [3.63, 3.8) is 0 Å². The highest BCUT2D eigenvalue weighted by atomic mass is 16.3. The standard InChI is InChI=1S/C24H34O/c1-14-11-18(19(12-15(14)2)23(5,6)7)21-20(24(8,9)10)13-16(3)17(4)22(21)25/h11-13,25H,1-10H3. The molecule has 25 heavy (non-hydrogen) atoms. The summed E-state index contributed by atoms with van der Waals surface area (Å²) in [5.74, 6) is 0.429. The average molecular weight is 339 g/mol. The molecule has 136 valence electrons. The summed E-state index contributed by atoms with van der Waals surface area (Å²) >= 11 is 0. The van der Waals surface area contributed by atoms with E-state index in [1.54, 1.807) is 0 Å². The molecule has 2 aromatic carbocycles. The fourth-order valence-corrected chi connectivity index (χ4v) is 3.41. The van der Waals surface area contributed by atoms with Gasteiger partial charge in [-0.3, -0.25) is 0 Å². The summed E-state index contributed by atoms with van der Waals surface area (Å²) in [6.45, 7) is 21.8. The number of hydrogen-bond donors (Lipinski definition) is 1. The van der Waals surface area contributed by atoms with Crippen molar-refractivity contribution in [3.05, 3.63) is 51.6 Å². The second kappa shape index (κ2) is 6.20. The van der Waals surface area contributed by atoms with E-state index < -0.39 is 0 Å². The summed E-state index contributed by atoms with van der Waals surface area (Å²) < 4.78 is 0. The van der Waals surface area contributed by atoms with Gasteiger partial charge in [-0.2, -0.15) is 0 Å². The highest BCUT2D eigenvalue weighted by molar-refractivity contribution is 5.81. The molecule has 1 nitrogen and oxygen atoms in total. The van der Waals surface area contributed by atoms with Crippen molar-refractivity contribution in [1.29, 1.82) is 0 Å². The van der Waals surface area contributed by atoms with Gasteiger partial charge < -0.3 is 5.11 Å². The van der Waals surface area contributed by atoms with E-state index in [1.165, 1.54) is 27.8 Å². The topological polar surface area (TPSA) is 20.2 Å². The monoisotopic (exact) mass is 338 g/mol. The van der Waals surface area contributed by atoms with Crippen LogP contribution >= 0.6 is 0 Å². The highest BCUT2D eigenvalue weighted by Gasteiger charge is 2.28. The van der Waals surface area contributed by atoms with E-state index in [2.05, 4.69) is 80.5 Å². The molecule has 2 rings (SSSR count). The normalized spacial score (nSPS) is 12.6. The molecule has 0 radical (unpaired) electrons. The van der Waals surface area contributed by atoms with Crippen LogP contribution in [0, 0.1) is 27.7 Å². The zero-order valence-electron chi connectivity index (χ0n) is 17.7. The third kappa shape index (κ3) is 3.61. The number of aryl methyl sites for hydroxylation is 3. The second-order valence-corrected chi connectivity index (χ2v) is 9.57. The molecule has 0 fully saturated rings. The molecule has 0 aliphatic heterocycles. The number of phenolic OH excluding ortho intramolecular Hbond substituents is 1. The van der Waals surface area contributed by atoms with Crippen LogP contribution in [0.25, 0.3) is 11.1 Å². The minimum Gasteiger partial charge on any atom is -0.507 e. The fraction of sp³-hybridized carbons (Fsp3) is 0.500. The zero-order chi connectivity index (χ0) is 19.3. The molecule has 0 aliphatic carbocycles. The average Bonchev–Trinajstić information content (AvgIpc) is 2.45. The molecule has 0 unspecified atom stereocenters. The third-order valence-corrected chi connectivity index (χ3v) is 5.33. The van der Waals surface area contributed by atoms with Gasteiger partial charge in [-0.1, -0.05) is 59.7 Å². The predicted octanol–water partition coefficient (Wildman–Crippen LogP) is 6.89. The van der Waals surface area contributed by atoms with Crippen molar-refractivity contribution in [2.24, 2.45) is 0 Å². The van der Waals surface area contributed by atoms with Gasteiger partial charge in [-0.25, -0.2) is 0 Å². The summed E-state index contributed by atoms with van der Waals surface area (Å²) in [5.41, 5.74) is 9.32. The number of aromatic hydroxyl groups is 1. The SMILES string of the molecule is Cc1cc(-c2c(C(C)(C)C)cc(C)c(C)c2O)c(C(C)(C)C)cc1C. The van der Waals surface area contributed by atoms with Crippen LogP contribution in [0.2, 0.25) is 0 Å². The third-order valence-electron chi connectivity index (χ3n) is 5.33. The van der Waals surface area contributed by atoms with Crippen LogP contribution in [-0.2, 0) is 10.8 Å². The second-order valence-electron chi connectivity index (χ2n) is 9.57. The molecule has 1 heteroatoms. The van der Waals surface area contributed by atoms with Crippen molar-refractivity contribution < 1.29 is 5.11 Å². The van der Waals surface area contributed by atoms with Gasteiger partial charge in [0.15, 0.2) is 0 Å². The Balaban J connectivity index is 3.02. The molecule has 0 saturated heterocycles. The Morgan fingerprint density at radius 1 is 0.640 bits per heavy atom. The Hall–Kier alpha value is -1.76. The van der Waals surface area contributed by atoms with Gasteiger partial charge in [0.1, 0.15) is 5.75 Å². The minimum atomic E-state index is -0.0424. The molecule has 0 aromatic heterocycles. The number of benzene rings is 2. The van der Waals surface area contributed by atoms with Gasteiger partial charge in [0.05, 0.1) is 0 Å². The Bertz CT molecular complexity index is 812.